The van der Waals surface area contributed by atoms with E-state index in [0.29, 0.717) is 0 Å². The van der Waals surface area contributed by atoms with Crippen molar-refractivity contribution in [3.8, 4) is 11.1 Å². The maximum atomic E-state index is 4.51. The minimum absolute atomic E-state index is 0.969. The molecule has 0 bridgehead atoms. The summed E-state index contributed by atoms with van der Waals surface area (Å²) < 4.78 is 2.15. The average molecular weight is 387 g/mol. The molecule has 3 nitrogen and oxygen atoms in total. The van der Waals surface area contributed by atoms with Gasteiger partial charge in [0.15, 0.2) is 0 Å². The highest BCUT2D eigenvalue weighted by Gasteiger charge is 2.13. The predicted molar refractivity (Wildman–Crippen MR) is 126 cm³/mol. The smallest absolute Gasteiger partial charge is 0.0708 e. The number of hydrogen-bond acceptors (Lipinski definition) is 2. The molecule has 0 spiro atoms. The molecule has 0 unspecified atom stereocenters. The Balaban J connectivity index is 1.66. The normalized spacial score (nSPS) is 11.8. The fourth-order valence-corrected chi connectivity index (χ4v) is 4.06. The predicted octanol–water partition coefficient (Wildman–Crippen LogP) is 6.55. The lowest BCUT2D eigenvalue weighted by Gasteiger charge is -2.15. The summed E-state index contributed by atoms with van der Waals surface area (Å²) >= 11 is 0. The Morgan fingerprint density at radius 1 is 1.00 bits per heavy atom. The molecule has 0 aliphatic heterocycles. The highest BCUT2D eigenvalue weighted by Crippen LogP contribution is 2.33. The van der Waals surface area contributed by atoms with E-state index >= 15 is 0 Å². The number of hydrogen-bond donors (Lipinski definition) is 0. The molecule has 144 valence electrons. The summed E-state index contributed by atoms with van der Waals surface area (Å²) in [5, 5.41) is 1.12. The number of aliphatic imine (C=N–C) groups is 1. The van der Waals surface area contributed by atoms with Crippen molar-refractivity contribution in [1.29, 1.82) is 0 Å². The first kappa shape index (κ1) is 18.1. The molecule has 3 heteroatoms. The van der Waals surface area contributed by atoms with Crippen LogP contribution >= 0.6 is 0 Å². The van der Waals surface area contributed by atoms with Crippen molar-refractivity contribution < 1.29 is 0 Å². The van der Waals surface area contributed by atoms with Crippen molar-refractivity contribution in [3.05, 3.63) is 114 Å². The van der Waals surface area contributed by atoms with Gasteiger partial charge in [-0.1, -0.05) is 42.5 Å². The van der Waals surface area contributed by atoms with Gasteiger partial charge in [-0.25, -0.2) is 0 Å². The molecule has 0 fully saturated rings. The second kappa shape index (κ2) is 7.45. The first-order chi connectivity index (χ1) is 14.7. The van der Waals surface area contributed by atoms with E-state index < -0.39 is 0 Å². The van der Waals surface area contributed by atoms with Gasteiger partial charge in [0.2, 0.25) is 0 Å². The molecule has 5 rings (SSSR count). The molecule has 0 aliphatic rings. The molecule has 0 amide bonds. The van der Waals surface area contributed by atoms with Crippen LogP contribution < -0.4 is 0 Å². The van der Waals surface area contributed by atoms with E-state index in [-0.39, 0.29) is 0 Å². The summed E-state index contributed by atoms with van der Waals surface area (Å²) in [6, 6.07) is 25.3. The zero-order valence-corrected chi connectivity index (χ0v) is 16.8. The summed E-state index contributed by atoms with van der Waals surface area (Å²) in [6.45, 7) is 5.87. The van der Waals surface area contributed by atoms with Crippen LogP contribution in [0.5, 0.6) is 0 Å². The highest BCUT2D eigenvalue weighted by molar-refractivity contribution is 5.89. The molecular weight excluding hydrogens is 366 g/mol. The zero-order chi connectivity index (χ0) is 20.5. The molecule has 5 aromatic rings. The Hall–Kier alpha value is -3.98. The van der Waals surface area contributed by atoms with Gasteiger partial charge in [0.05, 0.1) is 5.52 Å². The Kier molecular flexibility index (Phi) is 4.49. The molecule has 0 saturated carbocycles. The van der Waals surface area contributed by atoms with E-state index in [0.717, 1.165) is 27.6 Å². The molecule has 0 radical (unpaired) electrons. The summed E-state index contributed by atoms with van der Waals surface area (Å²) in [5.41, 5.74) is 9.02. The zero-order valence-electron chi connectivity index (χ0n) is 16.8. The Bertz CT molecular complexity index is 1420. The number of rotatable bonds is 4. The number of aromatic nitrogens is 2. The molecule has 0 N–H and O–H groups in total. The van der Waals surface area contributed by atoms with E-state index in [1.165, 1.54) is 22.2 Å². The first-order valence-electron chi connectivity index (χ1n) is 9.93. The van der Waals surface area contributed by atoms with E-state index in [2.05, 4.69) is 107 Å². The largest absolute Gasteiger partial charge is 0.323 e. The van der Waals surface area contributed by atoms with Gasteiger partial charge in [-0.3, -0.25) is 9.98 Å². The molecule has 0 saturated heterocycles. The Morgan fingerprint density at radius 3 is 2.83 bits per heavy atom. The van der Waals surface area contributed by atoms with Crippen LogP contribution in [0.15, 0.2) is 103 Å². The van der Waals surface area contributed by atoms with Gasteiger partial charge in [-0.15, -0.1) is 0 Å². The van der Waals surface area contributed by atoms with Gasteiger partial charge in [0.1, 0.15) is 0 Å². The quantitative estimate of drug-likeness (QED) is 0.321. The fraction of sp³-hybridized carbons (Fsp3) is 0.0370. The lowest BCUT2D eigenvalue weighted by atomic mass is 9.90. The van der Waals surface area contributed by atoms with Crippen LogP contribution in [0.3, 0.4) is 0 Å². The third-order valence-electron chi connectivity index (χ3n) is 5.60. The van der Waals surface area contributed by atoms with E-state index in [9.17, 15) is 0 Å². The monoisotopic (exact) mass is 387 g/mol. The maximum absolute atomic E-state index is 4.51. The number of nitrogens with zero attached hydrogens (tertiary/aromatic N) is 3. The molecule has 30 heavy (non-hydrogen) atoms. The minimum Gasteiger partial charge on any atom is -0.323 e. The van der Waals surface area contributed by atoms with Crippen molar-refractivity contribution in [3.63, 3.8) is 0 Å². The van der Waals surface area contributed by atoms with E-state index in [1.54, 1.807) is 0 Å². The van der Waals surface area contributed by atoms with Crippen LogP contribution in [0.2, 0.25) is 0 Å². The standard InChI is InChI=1S/C27H21N3/c1-19-24(22-12-13-23-7-5-15-30(23)18-22)8-3-9-25(19)26(17-28-2)21-11-10-20-6-4-14-29-27(20)16-21/h3-18H,2H2,1H3/b26-17-. The summed E-state index contributed by atoms with van der Waals surface area (Å²) in [6.07, 6.45) is 7.92. The second-order valence-corrected chi connectivity index (χ2v) is 7.37. The number of pyridine rings is 2. The fourth-order valence-electron chi connectivity index (χ4n) is 4.06. The van der Waals surface area contributed by atoms with Gasteiger partial charge in [0, 0.05) is 41.3 Å². The number of fused-ring (bicyclic) bond motifs is 2. The summed E-state index contributed by atoms with van der Waals surface area (Å²) in [5.74, 6) is 0. The SMILES string of the molecule is C=N/C=C(/c1ccc2cccnc2c1)c1cccc(-c2ccc3cccn3c2)c1C. The van der Waals surface area contributed by atoms with Gasteiger partial charge < -0.3 is 4.40 Å². The molecule has 3 aromatic heterocycles. The third-order valence-corrected chi connectivity index (χ3v) is 5.60. The summed E-state index contributed by atoms with van der Waals surface area (Å²) in [7, 11) is 0. The second-order valence-electron chi connectivity index (χ2n) is 7.37. The summed E-state index contributed by atoms with van der Waals surface area (Å²) in [4.78, 5) is 8.62. The van der Waals surface area contributed by atoms with Gasteiger partial charge in [-0.2, -0.15) is 0 Å². The van der Waals surface area contributed by atoms with Gasteiger partial charge in [-0.05, 0) is 71.8 Å². The number of benzene rings is 2. The van der Waals surface area contributed by atoms with Gasteiger partial charge in [0.25, 0.3) is 0 Å². The van der Waals surface area contributed by atoms with E-state index in [4.69, 9.17) is 0 Å². The minimum atomic E-state index is 0.969. The van der Waals surface area contributed by atoms with E-state index in [1.807, 2.05) is 18.5 Å². The topological polar surface area (TPSA) is 29.7 Å². The van der Waals surface area contributed by atoms with Crippen LogP contribution in [-0.4, -0.2) is 16.1 Å². The van der Waals surface area contributed by atoms with Gasteiger partial charge >= 0.3 is 0 Å². The molecular formula is C27H21N3. The van der Waals surface area contributed by atoms with Crippen molar-refractivity contribution in [2.75, 3.05) is 0 Å². The average Bonchev–Trinajstić information content (AvgIpc) is 3.25. The van der Waals surface area contributed by atoms with Crippen molar-refractivity contribution in [2.24, 2.45) is 4.99 Å². The Morgan fingerprint density at radius 2 is 1.93 bits per heavy atom. The molecule has 2 aromatic carbocycles. The van der Waals surface area contributed by atoms with Crippen LogP contribution in [0.25, 0.3) is 33.1 Å². The molecule has 0 aliphatic carbocycles. The van der Waals surface area contributed by atoms with Crippen LogP contribution in [0.4, 0.5) is 0 Å². The maximum Gasteiger partial charge on any atom is 0.0708 e. The lowest BCUT2D eigenvalue weighted by Crippen LogP contribution is -1.95. The molecule has 3 heterocycles. The lowest BCUT2D eigenvalue weighted by molar-refractivity contribution is 1.20. The molecule has 0 atom stereocenters. The van der Waals surface area contributed by atoms with Crippen LogP contribution in [-0.2, 0) is 0 Å². The van der Waals surface area contributed by atoms with Crippen LogP contribution in [0, 0.1) is 6.92 Å². The first-order valence-corrected chi connectivity index (χ1v) is 9.93. The third kappa shape index (κ3) is 3.11. The van der Waals surface area contributed by atoms with Crippen molar-refractivity contribution >= 4 is 28.7 Å². The van der Waals surface area contributed by atoms with Crippen LogP contribution in [0.1, 0.15) is 16.7 Å². The van der Waals surface area contributed by atoms with Crippen molar-refractivity contribution in [2.45, 2.75) is 6.92 Å². The Labute approximate surface area is 175 Å². The van der Waals surface area contributed by atoms with Crippen molar-refractivity contribution in [1.82, 2.24) is 9.38 Å². The highest BCUT2D eigenvalue weighted by atomic mass is 14.8.